The molecule has 1 spiro atoms. The van der Waals surface area contributed by atoms with E-state index in [2.05, 4.69) is 9.88 Å². The number of likely N-dealkylation sites (tertiary alicyclic amines) is 1. The van der Waals surface area contributed by atoms with Crippen LogP contribution in [-0.4, -0.2) is 75.6 Å². The van der Waals surface area contributed by atoms with Crippen LogP contribution in [-0.2, 0) is 29.0 Å². The highest BCUT2D eigenvalue weighted by molar-refractivity contribution is 6.01. The second kappa shape index (κ2) is 9.62. The molecule has 224 valence electrons. The van der Waals surface area contributed by atoms with E-state index in [-0.39, 0.29) is 42.1 Å². The summed E-state index contributed by atoms with van der Waals surface area (Å²) in [4.78, 5) is 47.5. The van der Waals surface area contributed by atoms with Gasteiger partial charge < -0.3 is 28.8 Å². The number of aldehydes is 1. The van der Waals surface area contributed by atoms with Crippen LogP contribution in [0.3, 0.4) is 0 Å². The number of anilines is 1. The van der Waals surface area contributed by atoms with Crippen LogP contribution in [0.25, 0.3) is 11.1 Å². The second-order valence-corrected chi connectivity index (χ2v) is 13.3. The van der Waals surface area contributed by atoms with E-state index in [9.17, 15) is 18.8 Å². The zero-order chi connectivity index (χ0) is 30.3. The average Bonchev–Trinajstić information content (AvgIpc) is 3.56. The first-order chi connectivity index (χ1) is 20.4. The predicted molar refractivity (Wildman–Crippen MR) is 154 cm³/mol. The molecule has 0 aliphatic carbocycles. The van der Waals surface area contributed by atoms with E-state index in [1.165, 1.54) is 17.3 Å². The number of nitrogens with zero attached hydrogens (tertiary/aromatic N) is 5. The Hall–Kier alpha value is -4.28. The minimum atomic E-state index is -1.06. The van der Waals surface area contributed by atoms with Crippen molar-refractivity contribution in [1.82, 2.24) is 19.4 Å². The Morgan fingerprint density at radius 3 is 2.51 bits per heavy atom. The molecule has 43 heavy (non-hydrogen) atoms. The van der Waals surface area contributed by atoms with Gasteiger partial charge in [-0.1, -0.05) is 12.1 Å². The number of rotatable bonds is 5. The van der Waals surface area contributed by atoms with Crippen molar-refractivity contribution in [3.63, 3.8) is 0 Å². The number of benzene rings is 2. The smallest absolute Gasteiger partial charge is 0.410 e. The van der Waals surface area contributed by atoms with Gasteiger partial charge in [-0.25, -0.2) is 18.6 Å². The third-order valence-corrected chi connectivity index (χ3v) is 8.87. The number of carbonyl (C=O) groups excluding carboxylic acids is 3. The third-order valence-electron chi connectivity index (χ3n) is 8.87. The fourth-order valence-electron chi connectivity index (χ4n) is 6.83. The number of hydrogen-bond donors (Lipinski definition) is 0. The Bertz CT molecular complexity index is 1630. The van der Waals surface area contributed by atoms with Crippen molar-refractivity contribution in [3.8, 4) is 11.1 Å². The zero-order valence-corrected chi connectivity index (χ0v) is 24.3. The van der Waals surface area contributed by atoms with E-state index >= 15 is 4.39 Å². The van der Waals surface area contributed by atoms with Crippen LogP contribution in [0.1, 0.15) is 54.1 Å². The molecule has 4 aliphatic rings. The number of imidazole rings is 1. The lowest BCUT2D eigenvalue weighted by Crippen LogP contribution is -2.73. The summed E-state index contributed by atoms with van der Waals surface area (Å²) in [5.74, 6) is -0.965. The van der Waals surface area contributed by atoms with E-state index in [1.807, 2.05) is 45.0 Å². The molecule has 2 fully saturated rings. The number of ether oxygens (including phenoxy) is 1. The zero-order valence-electron chi connectivity index (χ0n) is 24.3. The first-order valence-electron chi connectivity index (χ1n) is 14.5. The maximum atomic E-state index is 15.4. The third kappa shape index (κ3) is 4.65. The van der Waals surface area contributed by atoms with Gasteiger partial charge in [-0.05, 0) is 56.2 Å². The Kier molecular flexibility index (Phi) is 6.16. The highest BCUT2D eigenvalue weighted by Gasteiger charge is 2.54. The fourth-order valence-corrected chi connectivity index (χ4v) is 6.83. The Morgan fingerprint density at radius 1 is 1.12 bits per heavy atom. The van der Waals surface area contributed by atoms with Gasteiger partial charge in [0.05, 0.1) is 25.1 Å². The standard InChI is InChI=1S/C32H33F2N5O4/c1-31(2,3)43-30(42)38-16-32(17-38)14-37(15-32)22-6-4-19(5-7-22)20-8-23-24(25(34)9-20)12-39(29(23)41)27(13-40)28-26-10-21(33)11-36(26)18-35-28/h4-9,13,18,21,27H,10-12,14-17H2,1-3H3/t21-,27?/m1/s1. The number of fused-ring (bicyclic) bond motifs is 2. The number of hydrogen-bond acceptors (Lipinski definition) is 6. The molecule has 3 aromatic rings. The Labute approximate surface area is 248 Å². The summed E-state index contributed by atoms with van der Waals surface area (Å²) in [7, 11) is 0. The molecule has 5 heterocycles. The van der Waals surface area contributed by atoms with E-state index in [4.69, 9.17) is 4.74 Å². The number of alkyl halides is 1. The minimum Gasteiger partial charge on any atom is -0.444 e. The molecule has 9 nitrogen and oxygen atoms in total. The quantitative estimate of drug-likeness (QED) is 0.407. The van der Waals surface area contributed by atoms with Gasteiger partial charge in [-0.3, -0.25) is 4.79 Å². The van der Waals surface area contributed by atoms with Gasteiger partial charge in [0, 0.05) is 60.5 Å². The lowest BCUT2D eigenvalue weighted by Gasteiger charge is -2.60. The summed E-state index contributed by atoms with van der Waals surface area (Å²) < 4.78 is 36.5. The van der Waals surface area contributed by atoms with Gasteiger partial charge >= 0.3 is 6.09 Å². The van der Waals surface area contributed by atoms with E-state index < -0.39 is 29.5 Å². The highest BCUT2D eigenvalue weighted by atomic mass is 19.1. The van der Waals surface area contributed by atoms with Crippen LogP contribution in [0.4, 0.5) is 19.3 Å². The Balaban J connectivity index is 1.03. The molecule has 0 saturated carbocycles. The molecular formula is C32H33F2N5O4. The van der Waals surface area contributed by atoms with Crippen molar-refractivity contribution >= 4 is 24.0 Å². The van der Waals surface area contributed by atoms with Crippen molar-refractivity contribution in [3.05, 3.63) is 71.1 Å². The largest absolute Gasteiger partial charge is 0.444 e. The Morgan fingerprint density at radius 2 is 1.84 bits per heavy atom. The molecule has 1 aromatic heterocycles. The summed E-state index contributed by atoms with van der Waals surface area (Å²) in [5.41, 5.74) is 3.34. The SMILES string of the molecule is CC(C)(C)OC(=O)N1CC2(C1)CN(c1ccc(-c3cc(F)c4c(c3)C(=O)N(C(C=O)c3ncn5c3C[C@@H](F)C5)C4)cc1)C2. The lowest BCUT2D eigenvalue weighted by atomic mass is 9.73. The molecular weight excluding hydrogens is 556 g/mol. The van der Waals surface area contributed by atoms with Crippen LogP contribution < -0.4 is 4.90 Å². The van der Waals surface area contributed by atoms with Crippen LogP contribution in [0.15, 0.2) is 42.7 Å². The molecule has 7 rings (SSSR count). The van der Waals surface area contributed by atoms with E-state index in [1.54, 1.807) is 15.5 Å². The maximum absolute atomic E-state index is 15.4. The molecule has 1 unspecified atom stereocenters. The van der Waals surface area contributed by atoms with Crippen molar-refractivity contribution in [1.29, 1.82) is 0 Å². The van der Waals surface area contributed by atoms with Crippen molar-refractivity contribution < 1.29 is 27.9 Å². The summed E-state index contributed by atoms with van der Waals surface area (Å²) >= 11 is 0. The molecule has 0 radical (unpaired) electrons. The van der Waals surface area contributed by atoms with Gasteiger partial charge in [0.2, 0.25) is 0 Å². The summed E-state index contributed by atoms with van der Waals surface area (Å²) in [6, 6.07) is 9.84. The van der Waals surface area contributed by atoms with Crippen LogP contribution in [0.5, 0.6) is 0 Å². The highest BCUT2D eigenvalue weighted by Crippen LogP contribution is 2.43. The van der Waals surface area contributed by atoms with Crippen LogP contribution in [0.2, 0.25) is 0 Å². The predicted octanol–water partition coefficient (Wildman–Crippen LogP) is 4.54. The molecule has 0 bridgehead atoms. The van der Waals surface area contributed by atoms with Gasteiger partial charge in [0.1, 0.15) is 29.9 Å². The molecule has 11 heteroatoms. The van der Waals surface area contributed by atoms with E-state index in [0.29, 0.717) is 36.3 Å². The van der Waals surface area contributed by atoms with Crippen LogP contribution in [0, 0.1) is 11.2 Å². The maximum Gasteiger partial charge on any atom is 0.410 e. The molecule has 2 amide bonds. The van der Waals surface area contributed by atoms with Gasteiger partial charge in [-0.2, -0.15) is 0 Å². The van der Waals surface area contributed by atoms with E-state index in [0.717, 1.165) is 24.3 Å². The monoisotopic (exact) mass is 589 g/mol. The first-order valence-corrected chi connectivity index (χ1v) is 14.5. The lowest BCUT2D eigenvalue weighted by molar-refractivity contribution is -0.112. The van der Waals surface area contributed by atoms with Gasteiger partial charge in [-0.15, -0.1) is 0 Å². The van der Waals surface area contributed by atoms with Crippen LogP contribution >= 0.6 is 0 Å². The molecule has 2 aromatic carbocycles. The number of carbonyl (C=O) groups is 3. The molecule has 2 saturated heterocycles. The minimum absolute atomic E-state index is 0.0595. The number of amides is 2. The summed E-state index contributed by atoms with van der Waals surface area (Å²) in [6.45, 7) is 8.74. The van der Waals surface area contributed by atoms with Gasteiger partial charge in [0.25, 0.3) is 5.91 Å². The normalized spacial score (nSPS) is 20.9. The molecule has 0 N–H and O–H groups in total. The second-order valence-electron chi connectivity index (χ2n) is 13.3. The van der Waals surface area contributed by atoms with Gasteiger partial charge in [0.15, 0.2) is 0 Å². The van der Waals surface area contributed by atoms with Crippen molar-refractivity contribution in [2.75, 3.05) is 31.1 Å². The number of aromatic nitrogens is 2. The van der Waals surface area contributed by atoms with Crippen molar-refractivity contribution in [2.45, 2.75) is 58.1 Å². The summed E-state index contributed by atoms with van der Waals surface area (Å²) in [6.07, 6.45) is 0.908. The summed E-state index contributed by atoms with van der Waals surface area (Å²) in [5, 5.41) is 0. The average molecular weight is 590 g/mol. The van der Waals surface area contributed by atoms with Crippen molar-refractivity contribution in [2.24, 2.45) is 5.41 Å². The topological polar surface area (TPSA) is 88.0 Å². The number of halogens is 2. The first kappa shape index (κ1) is 27.5. The fraction of sp³-hybridized carbons (Fsp3) is 0.438. The molecule has 2 atom stereocenters. The molecule has 4 aliphatic heterocycles.